The highest BCUT2D eigenvalue weighted by molar-refractivity contribution is 7.07. The monoisotopic (exact) mass is 198 g/mol. The van der Waals surface area contributed by atoms with Crippen LogP contribution < -0.4 is 5.32 Å². The second-order valence-corrected chi connectivity index (χ2v) is 3.45. The predicted molar refractivity (Wildman–Crippen MR) is 49.3 cm³/mol. The molecule has 0 unspecified atom stereocenters. The highest BCUT2D eigenvalue weighted by atomic mass is 32.1. The van der Waals surface area contributed by atoms with Crippen molar-refractivity contribution in [3.05, 3.63) is 22.0 Å². The molecule has 4 nitrogen and oxygen atoms in total. The van der Waals surface area contributed by atoms with E-state index in [0.717, 1.165) is 18.1 Å². The Kier molecular flexibility index (Phi) is 2.28. The van der Waals surface area contributed by atoms with Gasteiger partial charge < -0.3 is 5.32 Å². The maximum atomic E-state index is 4.13. The van der Waals surface area contributed by atoms with Gasteiger partial charge in [-0.1, -0.05) is 4.49 Å². The van der Waals surface area contributed by atoms with Crippen molar-refractivity contribution in [2.24, 2.45) is 0 Å². The molecule has 0 amide bonds. The Balaban J connectivity index is 1.91. The summed E-state index contributed by atoms with van der Waals surface area (Å²) in [6.07, 6.45) is 0. The molecule has 62 valence electrons. The van der Waals surface area contributed by atoms with Crippen LogP contribution in [0.5, 0.6) is 0 Å². The summed E-state index contributed by atoms with van der Waals surface area (Å²) >= 11 is 2.93. The molecule has 0 aliphatic rings. The summed E-state index contributed by atoms with van der Waals surface area (Å²) in [4.78, 5) is 4.13. The van der Waals surface area contributed by atoms with E-state index in [0.29, 0.717) is 0 Å². The fourth-order valence-electron chi connectivity index (χ4n) is 0.748. The zero-order chi connectivity index (χ0) is 8.23. The van der Waals surface area contributed by atoms with Crippen LogP contribution in [0.3, 0.4) is 0 Å². The molecule has 0 aliphatic carbocycles. The molecule has 0 saturated carbocycles. The maximum Gasteiger partial charge on any atom is 0.161 e. The molecule has 12 heavy (non-hydrogen) atoms. The highest BCUT2D eigenvalue weighted by Gasteiger charge is 1.96. The molecule has 0 aromatic carbocycles. The standard InChI is InChI=1S/C6H6N4S2/c1(5-2-11-4-8-5)7-6-3-12-10-9-6/h2-4,7H,1H2. The topological polar surface area (TPSA) is 50.7 Å². The minimum atomic E-state index is 0.717. The zero-order valence-electron chi connectivity index (χ0n) is 6.10. The van der Waals surface area contributed by atoms with Crippen LogP contribution in [0, 0.1) is 0 Å². The lowest BCUT2D eigenvalue weighted by Crippen LogP contribution is -1.99. The third kappa shape index (κ3) is 1.77. The first kappa shape index (κ1) is 7.63. The maximum absolute atomic E-state index is 4.13. The first-order chi connectivity index (χ1) is 5.95. The van der Waals surface area contributed by atoms with Crippen molar-refractivity contribution in [3.8, 4) is 0 Å². The number of anilines is 1. The van der Waals surface area contributed by atoms with Crippen LogP contribution in [0.2, 0.25) is 0 Å². The Morgan fingerprint density at radius 2 is 2.42 bits per heavy atom. The lowest BCUT2D eigenvalue weighted by molar-refractivity contribution is 1.04. The molecule has 2 aromatic heterocycles. The summed E-state index contributed by atoms with van der Waals surface area (Å²) in [5, 5.41) is 10.8. The van der Waals surface area contributed by atoms with Crippen molar-refractivity contribution >= 4 is 28.7 Å². The van der Waals surface area contributed by atoms with Gasteiger partial charge in [-0.15, -0.1) is 16.4 Å². The van der Waals surface area contributed by atoms with E-state index in [9.17, 15) is 0 Å². The van der Waals surface area contributed by atoms with Crippen LogP contribution in [-0.4, -0.2) is 14.6 Å². The Morgan fingerprint density at radius 3 is 3.08 bits per heavy atom. The number of nitrogens with one attached hydrogen (secondary N) is 1. The van der Waals surface area contributed by atoms with Crippen LogP contribution in [0.15, 0.2) is 16.3 Å². The zero-order valence-corrected chi connectivity index (χ0v) is 7.73. The van der Waals surface area contributed by atoms with Crippen molar-refractivity contribution in [1.29, 1.82) is 0 Å². The summed E-state index contributed by atoms with van der Waals surface area (Å²) in [6, 6.07) is 0. The summed E-state index contributed by atoms with van der Waals surface area (Å²) in [5.41, 5.74) is 2.85. The Hall–Kier alpha value is -1.01. The van der Waals surface area contributed by atoms with Gasteiger partial charge in [-0.2, -0.15) is 0 Å². The number of hydrogen-bond acceptors (Lipinski definition) is 6. The van der Waals surface area contributed by atoms with Gasteiger partial charge in [0.05, 0.1) is 23.1 Å². The van der Waals surface area contributed by atoms with Gasteiger partial charge in [-0.3, -0.25) is 0 Å². The fraction of sp³-hybridized carbons (Fsp3) is 0.167. The molecule has 0 spiro atoms. The Bertz CT molecular complexity index is 281. The van der Waals surface area contributed by atoms with Gasteiger partial charge in [0.15, 0.2) is 5.82 Å². The van der Waals surface area contributed by atoms with E-state index in [1.807, 2.05) is 16.3 Å². The summed E-state index contributed by atoms with van der Waals surface area (Å²) in [7, 11) is 0. The van der Waals surface area contributed by atoms with E-state index >= 15 is 0 Å². The predicted octanol–water partition coefficient (Wildman–Crippen LogP) is 1.61. The van der Waals surface area contributed by atoms with E-state index < -0.39 is 0 Å². The van der Waals surface area contributed by atoms with E-state index in [-0.39, 0.29) is 0 Å². The van der Waals surface area contributed by atoms with Gasteiger partial charge in [-0.25, -0.2) is 4.98 Å². The minimum absolute atomic E-state index is 0.717. The first-order valence-electron chi connectivity index (χ1n) is 3.33. The van der Waals surface area contributed by atoms with Gasteiger partial charge in [-0.05, 0) is 11.5 Å². The molecule has 0 aliphatic heterocycles. The third-order valence-electron chi connectivity index (χ3n) is 1.29. The SMILES string of the molecule is c1nc(CNc2csnn2)cs1. The van der Waals surface area contributed by atoms with Gasteiger partial charge in [0, 0.05) is 5.38 Å². The molecule has 0 atom stereocenters. The van der Waals surface area contributed by atoms with Crippen LogP contribution in [0.1, 0.15) is 5.69 Å². The van der Waals surface area contributed by atoms with E-state index in [4.69, 9.17) is 0 Å². The molecule has 0 bridgehead atoms. The van der Waals surface area contributed by atoms with Crippen molar-refractivity contribution in [2.75, 3.05) is 5.32 Å². The van der Waals surface area contributed by atoms with Gasteiger partial charge in [0.25, 0.3) is 0 Å². The normalized spacial score (nSPS) is 10.0. The van der Waals surface area contributed by atoms with E-state index in [1.165, 1.54) is 11.5 Å². The first-order valence-corrected chi connectivity index (χ1v) is 5.11. The summed E-state index contributed by atoms with van der Waals surface area (Å²) in [6.45, 7) is 0.717. The van der Waals surface area contributed by atoms with Crippen LogP contribution >= 0.6 is 22.9 Å². The average Bonchev–Trinajstić information content (AvgIpc) is 2.74. The van der Waals surface area contributed by atoms with Crippen molar-refractivity contribution in [1.82, 2.24) is 14.6 Å². The van der Waals surface area contributed by atoms with E-state index in [1.54, 1.807) is 11.3 Å². The van der Waals surface area contributed by atoms with Crippen molar-refractivity contribution < 1.29 is 0 Å². The largest absolute Gasteiger partial charge is 0.362 e. The average molecular weight is 198 g/mol. The lowest BCUT2D eigenvalue weighted by Gasteiger charge is -1.96. The molecular weight excluding hydrogens is 192 g/mol. The Morgan fingerprint density at radius 1 is 1.42 bits per heavy atom. The number of hydrogen-bond donors (Lipinski definition) is 1. The summed E-state index contributed by atoms with van der Waals surface area (Å²) in [5.74, 6) is 0.813. The van der Waals surface area contributed by atoms with Crippen LogP contribution in [-0.2, 0) is 6.54 Å². The summed E-state index contributed by atoms with van der Waals surface area (Å²) < 4.78 is 3.73. The fourth-order valence-corrected chi connectivity index (χ4v) is 1.72. The molecule has 6 heteroatoms. The molecule has 0 fully saturated rings. The number of aromatic nitrogens is 3. The molecular formula is C6H6N4S2. The quantitative estimate of drug-likeness (QED) is 0.814. The molecule has 2 rings (SSSR count). The molecule has 2 heterocycles. The van der Waals surface area contributed by atoms with Gasteiger partial charge in [0.2, 0.25) is 0 Å². The van der Waals surface area contributed by atoms with E-state index in [2.05, 4.69) is 19.9 Å². The number of thiazole rings is 1. The smallest absolute Gasteiger partial charge is 0.161 e. The molecule has 2 aromatic rings. The van der Waals surface area contributed by atoms with Crippen LogP contribution in [0.4, 0.5) is 5.82 Å². The second kappa shape index (κ2) is 3.59. The molecule has 0 saturated heterocycles. The minimum Gasteiger partial charge on any atom is -0.362 e. The molecule has 1 N–H and O–H groups in total. The van der Waals surface area contributed by atoms with Crippen molar-refractivity contribution in [3.63, 3.8) is 0 Å². The number of nitrogens with zero attached hydrogens (tertiary/aromatic N) is 3. The highest BCUT2D eigenvalue weighted by Crippen LogP contribution is 2.06. The van der Waals surface area contributed by atoms with Gasteiger partial charge >= 0.3 is 0 Å². The van der Waals surface area contributed by atoms with Crippen LogP contribution in [0.25, 0.3) is 0 Å². The lowest BCUT2D eigenvalue weighted by atomic mass is 10.5. The van der Waals surface area contributed by atoms with Gasteiger partial charge in [0.1, 0.15) is 0 Å². The van der Waals surface area contributed by atoms with Crippen molar-refractivity contribution in [2.45, 2.75) is 6.54 Å². The third-order valence-corrected chi connectivity index (χ3v) is 2.43. The second-order valence-electron chi connectivity index (χ2n) is 2.12. The molecule has 0 radical (unpaired) electrons. The Labute approximate surface area is 77.5 Å². The number of rotatable bonds is 3.